The van der Waals surface area contributed by atoms with E-state index in [0.29, 0.717) is 0 Å². The highest BCUT2D eigenvalue weighted by atomic mass is 32.1. The van der Waals surface area contributed by atoms with Crippen molar-refractivity contribution in [2.24, 2.45) is 5.73 Å². The summed E-state index contributed by atoms with van der Waals surface area (Å²) in [7, 11) is 2.12. The number of nitrogens with zero attached hydrogens (tertiary/aromatic N) is 2. The van der Waals surface area contributed by atoms with E-state index >= 15 is 0 Å². The van der Waals surface area contributed by atoms with E-state index in [-0.39, 0.29) is 6.04 Å². The smallest absolute Gasteiger partial charge is 0.109 e. The molecule has 2 N–H and O–H groups in total. The largest absolute Gasteiger partial charge is 0.322 e. The van der Waals surface area contributed by atoms with Crippen LogP contribution in [0.5, 0.6) is 0 Å². The summed E-state index contributed by atoms with van der Waals surface area (Å²) in [4.78, 5) is 6.79. The lowest BCUT2D eigenvalue weighted by Crippen LogP contribution is -2.19. The molecule has 0 saturated heterocycles. The first-order valence-electron chi connectivity index (χ1n) is 5.62. The fourth-order valence-electron chi connectivity index (χ4n) is 1.47. The molecule has 3 nitrogen and oxygen atoms in total. The van der Waals surface area contributed by atoms with E-state index in [1.165, 1.54) is 0 Å². The highest BCUT2D eigenvalue weighted by Gasteiger charge is 2.07. The van der Waals surface area contributed by atoms with Crippen molar-refractivity contribution in [3.8, 4) is 0 Å². The summed E-state index contributed by atoms with van der Waals surface area (Å²) < 4.78 is 0. The summed E-state index contributed by atoms with van der Waals surface area (Å²) >= 11 is 1.65. The molecule has 0 amide bonds. The Morgan fingerprint density at radius 1 is 1.69 bits per heavy atom. The molecule has 0 fully saturated rings. The minimum Gasteiger partial charge on any atom is -0.322 e. The van der Waals surface area contributed by atoms with Gasteiger partial charge in [-0.15, -0.1) is 17.9 Å². The molecule has 0 radical (unpaired) electrons. The van der Waals surface area contributed by atoms with Crippen molar-refractivity contribution in [1.82, 2.24) is 9.88 Å². The van der Waals surface area contributed by atoms with Crippen molar-refractivity contribution in [1.29, 1.82) is 0 Å². The summed E-state index contributed by atoms with van der Waals surface area (Å²) in [6.45, 7) is 7.67. The summed E-state index contributed by atoms with van der Waals surface area (Å²) in [5.74, 6) is 0. The van der Waals surface area contributed by atoms with Gasteiger partial charge in [0.25, 0.3) is 0 Å². The Balaban J connectivity index is 2.37. The molecule has 0 aliphatic heterocycles. The second-order valence-electron chi connectivity index (χ2n) is 4.13. The van der Waals surface area contributed by atoms with E-state index in [9.17, 15) is 0 Å². The van der Waals surface area contributed by atoms with E-state index in [1.807, 2.05) is 13.0 Å². The first-order valence-corrected chi connectivity index (χ1v) is 6.50. The number of hydrogen-bond donors (Lipinski definition) is 1. The van der Waals surface area contributed by atoms with Crippen LogP contribution in [0.25, 0.3) is 0 Å². The van der Waals surface area contributed by atoms with Crippen molar-refractivity contribution in [3.05, 3.63) is 28.7 Å². The molecule has 1 unspecified atom stereocenters. The minimum atomic E-state index is 0.0461. The van der Waals surface area contributed by atoms with Crippen molar-refractivity contribution < 1.29 is 0 Å². The maximum atomic E-state index is 5.78. The highest BCUT2D eigenvalue weighted by Crippen LogP contribution is 2.16. The number of allylic oxidation sites excluding steroid dienone is 1. The van der Waals surface area contributed by atoms with Gasteiger partial charge in [0.2, 0.25) is 0 Å². The molecular weight excluding hydrogens is 218 g/mol. The number of thiazole rings is 1. The molecular formula is C12H21N3S. The first-order chi connectivity index (χ1) is 7.63. The highest BCUT2D eigenvalue weighted by molar-refractivity contribution is 7.09. The lowest BCUT2D eigenvalue weighted by atomic mass is 10.3. The second-order valence-corrected chi connectivity index (χ2v) is 5.02. The van der Waals surface area contributed by atoms with Gasteiger partial charge in [0, 0.05) is 11.9 Å². The van der Waals surface area contributed by atoms with Crippen LogP contribution in [0, 0.1) is 0 Å². The molecule has 1 atom stereocenters. The van der Waals surface area contributed by atoms with Gasteiger partial charge >= 0.3 is 0 Å². The van der Waals surface area contributed by atoms with Crippen LogP contribution >= 0.6 is 11.3 Å². The van der Waals surface area contributed by atoms with Crippen molar-refractivity contribution >= 4 is 11.3 Å². The van der Waals surface area contributed by atoms with Crippen LogP contribution in [0.2, 0.25) is 0 Å². The van der Waals surface area contributed by atoms with Gasteiger partial charge in [-0.25, -0.2) is 4.98 Å². The maximum absolute atomic E-state index is 5.78. The van der Waals surface area contributed by atoms with Crippen LogP contribution in [-0.2, 0) is 6.54 Å². The van der Waals surface area contributed by atoms with E-state index in [4.69, 9.17) is 5.73 Å². The van der Waals surface area contributed by atoms with Crippen LogP contribution in [0.3, 0.4) is 0 Å². The Kier molecular flexibility index (Phi) is 5.66. The van der Waals surface area contributed by atoms with E-state index < -0.39 is 0 Å². The predicted molar refractivity (Wildman–Crippen MR) is 70.5 cm³/mol. The average Bonchev–Trinajstić information content (AvgIpc) is 2.66. The third-order valence-corrected chi connectivity index (χ3v) is 3.43. The Morgan fingerprint density at radius 2 is 2.44 bits per heavy atom. The summed E-state index contributed by atoms with van der Waals surface area (Å²) in [5, 5.41) is 3.12. The zero-order valence-electron chi connectivity index (χ0n) is 10.1. The van der Waals surface area contributed by atoms with Crippen LogP contribution < -0.4 is 5.73 Å². The number of unbranched alkanes of at least 4 members (excludes halogenated alkanes) is 1. The lowest BCUT2D eigenvalue weighted by molar-refractivity contribution is 0.319. The molecule has 0 aliphatic rings. The summed E-state index contributed by atoms with van der Waals surface area (Å²) in [6.07, 6.45) is 4.20. The average molecular weight is 239 g/mol. The van der Waals surface area contributed by atoms with Gasteiger partial charge in [-0.05, 0) is 33.4 Å². The quantitative estimate of drug-likeness (QED) is 0.587. The van der Waals surface area contributed by atoms with Crippen LogP contribution in [-0.4, -0.2) is 23.5 Å². The zero-order chi connectivity index (χ0) is 12.0. The minimum absolute atomic E-state index is 0.0461. The zero-order valence-corrected chi connectivity index (χ0v) is 11.0. The molecule has 0 bridgehead atoms. The maximum Gasteiger partial charge on any atom is 0.109 e. The van der Waals surface area contributed by atoms with Crippen LogP contribution in [0.15, 0.2) is 18.0 Å². The van der Waals surface area contributed by atoms with Crippen molar-refractivity contribution in [2.75, 3.05) is 13.6 Å². The van der Waals surface area contributed by atoms with Gasteiger partial charge in [0.05, 0.1) is 11.7 Å². The molecule has 0 spiro atoms. The van der Waals surface area contributed by atoms with Gasteiger partial charge in [0.15, 0.2) is 0 Å². The number of aromatic nitrogens is 1. The SMILES string of the molecule is C=CCCCN(C)Cc1csc(C(C)N)n1. The summed E-state index contributed by atoms with van der Waals surface area (Å²) in [5.41, 5.74) is 6.90. The topological polar surface area (TPSA) is 42.1 Å². The van der Waals surface area contributed by atoms with Crippen LogP contribution in [0.4, 0.5) is 0 Å². The Labute approximate surface area is 102 Å². The molecule has 0 saturated carbocycles. The van der Waals surface area contributed by atoms with E-state index in [2.05, 4.69) is 28.9 Å². The molecule has 90 valence electrons. The lowest BCUT2D eigenvalue weighted by Gasteiger charge is -2.14. The molecule has 0 aromatic carbocycles. The van der Waals surface area contributed by atoms with Crippen molar-refractivity contribution in [2.45, 2.75) is 32.4 Å². The van der Waals surface area contributed by atoms with E-state index in [1.54, 1.807) is 11.3 Å². The number of hydrogen-bond acceptors (Lipinski definition) is 4. The molecule has 0 aliphatic carbocycles. The van der Waals surface area contributed by atoms with E-state index in [0.717, 1.165) is 36.6 Å². The van der Waals surface area contributed by atoms with Crippen LogP contribution in [0.1, 0.15) is 36.5 Å². The van der Waals surface area contributed by atoms with Crippen molar-refractivity contribution in [3.63, 3.8) is 0 Å². The summed E-state index contributed by atoms with van der Waals surface area (Å²) in [6, 6.07) is 0.0461. The van der Waals surface area contributed by atoms with Gasteiger partial charge in [-0.2, -0.15) is 0 Å². The number of rotatable bonds is 7. The Bertz CT molecular complexity index is 320. The fraction of sp³-hybridized carbons (Fsp3) is 0.583. The molecule has 4 heteroatoms. The predicted octanol–water partition coefficient (Wildman–Crippen LogP) is 2.56. The molecule has 16 heavy (non-hydrogen) atoms. The van der Waals surface area contributed by atoms with Gasteiger partial charge < -0.3 is 10.6 Å². The fourth-order valence-corrected chi connectivity index (χ4v) is 2.23. The second kappa shape index (κ2) is 6.78. The first kappa shape index (κ1) is 13.4. The number of nitrogens with two attached hydrogens (primary N) is 1. The third kappa shape index (κ3) is 4.43. The molecule has 1 rings (SSSR count). The normalized spacial score (nSPS) is 13.0. The molecule has 1 aromatic heterocycles. The Morgan fingerprint density at radius 3 is 3.00 bits per heavy atom. The molecule has 1 aromatic rings. The standard InChI is InChI=1S/C12H21N3S/c1-4-5-6-7-15(3)8-11-9-16-12(14-11)10(2)13/h4,9-10H,1,5-8,13H2,2-3H3. The van der Waals surface area contributed by atoms with Gasteiger partial charge in [-0.1, -0.05) is 6.08 Å². The van der Waals surface area contributed by atoms with Gasteiger partial charge in [-0.3, -0.25) is 0 Å². The Hall–Kier alpha value is -0.710. The molecule has 1 heterocycles. The monoisotopic (exact) mass is 239 g/mol. The third-order valence-electron chi connectivity index (χ3n) is 2.34. The van der Waals surface area contributed by atoms with Gasteiger partial charge in [0.1, 0.15) is 5.01 Å².